The predicted molar refractivity (Wildman–Crippen MR) is 127 cm³/mol. The predicted octanol–water partition coefficient (Wildman–Crippen LogP) is 4.26. The summed E-state index contributed by atoms with van der Waals surface area (Å²) in [5, 5.41) is 2.69. The summed E-state index contributed by atoms with van der Waals surface area (Å²) in [5.74, 6) is 0.314. The molecule has 0 N–H and O–H groups in total. The van der Waals surface area contributed by atoms with Crippen molar-refractivity contribution in [2.75, 3.05) is 26.8 Å². The maximum absolute atomic E-state index is 13.0. The molecular weight excluding hydrogens is 426 g/mol. The highest BCUT2D eigenvalue weighted by Crippen LogP contribution is 2.45. The van der Waals surface area contributed by atoms with Gasteiger partial charge in [-0.05, 0) is 43.9 Å². The lowest BCUT2D eigenvalue weighted by atomic mass is 9.93. The number of allylic oxidation sites excluding steroid dienone is 1. The van der Waals surface area contributed by atoms with Crippen molar-refractivity contribution in [3.8, 4) is 5.75 Å². The van der Waals surface area contributed by atoms with Crippen molar-refractivity contribution >= 4 is 28.8 Å². The van der Waals surface area contributed by atoms with Crippen molar-refractivity contribution in [3.05, 3.63) is 64.9 Å². The first-order chi connectivity index (χ1) is 15.4. The average molecular weight is 456 g/mol. The molecule has 1 aromatic rings. The molecular formula is C24H29N3O4S. The number of aliphatic imine (C=N–C) groups is 1. The lowest BCUT2D eigenvalue weighted by Gasteiger charge is -2.36. The van der Waals surface area contributed by atoms with Gasteiger partial charge >= 0.3 is 5.97 Å². The van der Waals surface area contributed by atoms with Crippen LogP contribution in [0.5, 0.6) is 5.75 Å². The highest BCUT2D eigenvalue weighted by molar-refractivity contribution is 8.16. The molecule has 7 nitrogen and oxygen atoms in total. The molecule has 2 aliphatic rings. The fourth-order valence-electron chi connectivity index (χ4n) is 3.79. The lowest BCUT2D eigenvalue weighted by molar-refractivity contribution is -0.138. The van der Waals surface area contributed by atoms with Gasteiger partial charge in [-0.3, -0.25) is 4.79 Å². The molecule has 3 rings (SSSR count). The van der Waals surface area contributed by atoms with Gasteiger partial charge in [-0.2, -0.15) is 0 Å². The number of amidine groups is 1. The summed E-state index contributed by atoms with van der Waals surface area (Å²) >= 11 is 1.46. The Balaban J connectivity index is 2.03. The number of rotatable bonds is 9. The van der Waals surface area contributed by atoms with E-state index in [1.807, 2.05) is 55.3 Å². The van der Waals surface area contributed by atoms with Gasteiger partial charge in [0, 0.05) is 18.8 Å². The number of methoxy groups -OCH3 is 1. The number of esters is 1. The first kappa shape index (κ1) is 23.7. The van der Waals surface area contributed by atoms with E-state index in [1.54, 1.807) is 12.0 Å². The zero-order valence-corrected chi connectivity index (χ0v) is 19.8. The van der Waals surface area contributed by atoms with Crippen molar-refractivity contribution < 1.29 is 19.1 Å². The summed E-state index contributed by atoms with van der Waals surface area (Å²) < 4.78 is 10.7. The Morgan fingerprint density at radius 1 is 1.25 bits per heavy atom. The summed E-state index contributed by atoms with van der Waals surface area (Å²) in [6.07, 6.45) is 1.77. The molecule has 0 saturated carbocycles. The maximum Gasteiger partial charge on any atom is 0.338 e. The van der Waals surface area contributed by atoms with Crippen LogP contribution in [0.25, 0.3) is 0 Å². The van der Waals surface area contributed by atoms with Gasteiger partial charge in [-0.1, -0.05) is 36.5 Å². The third kappa shape index (κ3) is 4.75. The Morgan fingerprint density at radius 2 is 1.94 bits per heavy atom. The van der Waals surface area contributed by atoms with Crippen molar-refractivity contribution in [1.82, 2.24) is 9.80 Å². The monoisotopic (exact) mass is 455 g/mol. The number of benzene rings is 1. The highest BCUT2D eigenvalue weighted by Gasteiger charge is 2.41. The molecule has 1 amide bonds. The second-order valence-corrected chi connectivity index (χ2v) is 8.13. The summed E-state index contributed by atoms with van der Waals surface area (Å²) in [6.45, 7) is 10.8. The third-order valence-electron chi connectivity index (χ3n) is 5.43. The minimum atomic E-state index is -0.462. The first-order valence-electron chi connectivity index (χ1n) is 10.6. The molecule has 2 heterocycles. The van der Waals surface area contributed by atoms with Gasteiger partial charge in [0.05, 0.1) is 30.8 Å². The van der Waals surface area contributed by atoms with E-state index in [2.05, 4.69) is 11.6 Å². The average Bonchev–Trinajstić information content (AvgIpc) is 3.19. The SMILES string of the molecule is C=CCOC(=O)C1=C(C)N=C2SC=C(CC(=O)N(CC)CC)N2C1c1ccc(OC)cc1. The van der Waals surface area contributed by atoms with Crippen LogP contribution in [0.3, 0.4) is 0 Å². The van der Waals surface area contributed by atoms with Gasteiger partial charge in [-0.15, -0.1) is 0 Å². The Bertz CT molecular complexity index is 977. The maximum atomic E-state index is 13.0. The zero-order valence-electron chi connectivity index (χ0n) is 19.0. The van der Waals surface area contributed by atoms with Crippen LogP contribution < -0.4 is 4.74 Å². The lowest BCUT2D eigenvalue weighted by Crippen LogP contribution is -2.38. The standard InChI is InChI=1S/C24H29N3O4S/c1-6-13-31-23(29)21-16(4)25-24-27(22(21)17-9-11-19(30-5)12-10-17)18(15-32-24)14-20(28)26(7-2)8-3/h6,9-12,15,22H,1,7-8,13-14H2,2-5H3. The molecule has 0 radical (unpaired) electrons. The molecule has 170 valence electrons. The molecule has 1 aromatic carbocycles. The van der Waals surface area contributed by atoms with Crippen molar-refractivity contribution in [2.24, 2.45) is 4.99 Å². The van der Waals surface area contributed by atoms with E-state index in [4.69, 9.17) is 9.47 Å². The Hall–Kier alpha value is -3.00. The van der Waals surface area contributed by atoms with Crippen molar-refractivity contribution in [3.63, 3.8) is 0 Å². The van der Waals surface area contributed by atoms with Gasteiger partial charge in [0.2, 0.25) is 5.91 Å². The summed E-state index contributed by atoms with van der Waals surface area (Å²) in [7, 11) is 1.61. The highest BCUT2D eigenvalue weighted by atomic mass is 32.2. The van der Waals surface area contributed by atoms with Crippen LogP contribution in [-0.2, 0) is 14.3 Å². The topological polar surface area (TPSA) is 71.4 Å². The van der Waals surface area contributed by atoms with Crippen LogP contribution in [0.2, 0.25) is 0 Å². The van der Waals surface area contributed by atoms with Crippen molar-refractivity contribution in [1.29, 1.82) is 0 Å². The normalized spacial score (nSPS) is 17.4. The molecule has 0 spiro atoms. The molecule has 2 aliphatic heterocycles. The second kappa shape index (κ2) is 10.5. The zero-order chi connectivity index (χ0) is 23.3. The minimum absolute atomic E-state index is 0.0404. The van der Waals surface area contributed by atoms with E-state index in [1.165, 1.54) is 17.8 Å². The Kier molecular flexibility index (Phi) is 7.80. The molecule has 0 bridgehead atoms. The summed E-state index contributed by atoms with van der Waals surface area (Å²) in [6, 6.07) is 7.10. The number of amides is 1. The number of ether oxygens (including phenoxy) is 2. The van der Waals surface area contributed by atoms with Gasteiger partial charge in [0.15, 0.2) is 5.17 Å². The number of thioether (sulfide) groups is 1. The number of nitrogens with zero attached hydrogens (tertiary/aromatic N) is 3. The number of hydrogen-bond donors (Lipinski definition) is 0. The van der Waals surface area contributed by atoms with Crippen LogP contribution in [0.15, 0.2) is 64.3 Å². The smallest absolute Gasteiger partial charge is 0.338 e. The molecule has 1 unspecified atom stereocenters. The first-order valence-corrected chi connectivity index (χ1v) is 11.5. The summed E-state index contributed by atoms with van der Waals surface area (Å²) in [5.41, 5.74) is 2.74. The van der Waals surface area contributed by atoms with Crippen LogP contribution in [0, 0.1) is 0 Å². The molecule has 0 aliphatic carbocycles. The second-order valence-electron chi connectivity index (χ2n) is 7.30. The van der Waals surface area contributed by atoms with Gasteiger partial charge in [0.1, 0.15) is 12.4 Å². The molecule has 0 fully saturated rings. The van der Waals surface area contributed by atoms with Crippen LogP contribution in [0.4, 0.5) is 0 Å². The molecule has 8 heteroatoms. The quantitative estimate of drug-likeness (QED) is 0.409. The van der Waals surface area contributed by atoms with Crippen LogP contribution >= 0.6 is 11.8 Å². The van der Waals surface area contributed by atoms with Crippen LogP contribution in [-0.4, -0.2) is 53.7 Å². The van der Waals surface area contributed by atoms with Gasteiger partial charge in [-0.25, -0.2) is 9.79 Å². The molecule has 1 atom stereocenters. The van der Waals surface area contributed by atoms with E-state index in [0.29, 0.717) is 24.4 Å². The van der Waals surface area contributed by atoms with Gasteiger partial charge in [0.25, 0.3) is 0 Å². The van der Waals surface area contributed by atoms with E-state index < -0.39 is 12.0 Å². The van der Waals surface area contributed by atoms with E-state index >= 15 is 0 Å². The number of hydrogen-bond acceptors (Lipinski definition) is 7. The van der Waals surface area contributed by atoms with E-state index in [9.17, 15) is 9.59 Å². The third-order valence-corrected chi connectivity index (χ3v) is 6.32. The molecule has 32 heavy (non-hydrogen) atoms. The number of carbonyl (C=O) groups excluding carboxylic acids is 2. The fourth-order valence-corrected chi connectivity index (χ4v) is 4.75. The molecule has 0 saturated heterocycles. The summed E-state index contributed by atoms with van der Waals surface area (Å²) in [4.78, 5) is 34.3. The largest absolute Gasteiger partial charge is 0.497 e. The fraction of sp³-hybridized carbons (Fsp3) is 0.375. The van der Waals surface area contributed by atoms with E-state index in [-0.39, 0.29) is 18.9 Å². The number of fused-ring (bicyclic) bond motifs is 1. The Morgan fingerprint density at radius 3 is 2.53 bits per heavy atom. The minimum Gasteiger partial charge on any atom is -0.497 e. The number of carbonyl (C=O) groups is 2. The van der Waals surface area contributed by atoms with Crippen molar-refractivity contribution in [2.45, 2.75) is 33.2 Å². The molecule has 0 aromatic heterocycles. The van der Waals surface area contributed by atoms with E-state index in [0.717, 1.165) is 22.2 Å². The van der Waals surface area contributed by atoms with Gasteiger partial charge < -0.3 is 19.3 Å². The van der Waals surface area contributed by atoms with Crippen LogP contribution in [0.1, 0.15) is 38.8 Å². The Labute approximate surface area is 193 Å².